The van der Waals surface area contributed by atoms with Gasteiger partial charge in [0.1, 0.15) is 5.82 Å². The van der Waals surface area contributed by atoms with Gasteiger partial charge in [-0.1, -0.05) is 27.7 Å². The van der Waals surface area contributed by atoms with E-state index in [-0.39, 0.29) is 30.2 Å². The lowest BCUT2D eigenvalue weighted by atomic mass is 9.91. The minimum atomic E-state index is -0.776. The lowest BCUT2D eigenvalue weighted by molar-refractivity contribution is -0.133. The van der Waals surface area contributed by atoms with E-state index in [4.69, 9.17) is 4.74 Å². The predicted molar refractivity (Wildman–Crippen MR) is 136 cm³/mol. The molecule has 2 aliphatic rings. The van der Waals surface area contributed by atoms with Gasteiger partial charge < -0.3 is 19.9 Å². The first-order valence-corrected chi connectivity index (χ1v) is 12.5. The van der Waals surface area contributed by atoms with E-state index in [9.17, 15) is 14.4 Å². The number of ether oxygens (including phenoxy) is 1. The molecule has 10 nitrogen and oxygen atoms in total. The maximum atomic E-state index is 15.0. The Morgan fingerprint density at radius 3 is 2.41 bits per heavy atom. The number of amides is 3. The molecule has 2 aliphatic heterocycles. The summed E-state index contributed by atoms with van der Waals surface area (Å²) in [5, 5.41) is 2.60. The Balaban J connectivity index is 1.38. The Bertz CT molecular complexity index is 1160. The second-order valence-corrected chi connectivity index (χ2v) is 10.4. The number of aromatic nitrogens is 2. The topological polar surface area (TPSA) is 108 Å². The van der Waals surface area contributed by atoms with Crippen LogP contribution in [0, 0.1) is 11.2 Å². The summed E-state index contributed by atoms with van der Waals surface area (Å²) in [4.78, 5) is 50.3. The number of rotatable bonds is 6. The van der Waals surface area contributed by atoms with E-state index < -0.39 is 18.1 Å². The number of nitrogens with zero attached hydrogens (tertiary/aromatic N) is 5. The molecule has 2 aromatic rings. The van der Waals surface area contributed by atoms with Gasteiger partial charge in [0.25, 0.3) is 0 Å². The van der Waals surface area contributed by atoms with Crippen molar-refractivity contribution in [3.05, 3.63) is 36.4 Å². The lowest BCUT2D eigenvalue weighted by Crippen LogP contribution is -2.49. The molecule has 198 valence electrons. The number of hydrogen-bond donors (Lipinski definition) is 1. The standard InChI is InChI=1S/C26H33FN6O4/c1-5-21(34)30-22-16-33(25(36)37-22)18-6-7-19(20(27)12-18)17-14-28-24(29-15-17)32-10-8-31(9-11-32)23(35)13-26(2,3)4/h6-7,12,14-15,22H,5,8-11,13,16H2,1-4H3,(H,30,34). The largest absolute Gasteiger partial charge is 0.423 e. The molecule has 3 heterocycles. The zero-order chi connectivity index (χ0) is 26.7. The molecule has 11 heteroatoms. The Kier molecular flexibility index (Phi) is 7.60. The summed E-state index contributed by atoms with van der Waals surface area (Å²) < 4.78 is 20.2. The Labute approximate surface area is 215 Å². The minimum absolute atomic E-state index is 0.0485. The first-order valence-electron chi connectivity index (χ1n) is 12.5. The maximum absolute atomic E-state index is 15.0. The van der Waals surface area contributed by atoms with E-state index in [1.165, 1.54) is 11.0 Å². The highest BCUT2D eigenvalue weighted by molar-refractivity contribution is 5.90. The van der Waals surface area contributed by atoms with Crippen LogP contribution in [0.25, 0.3) is 11.1 Å². The van der Waals surface area contributed by atoms with Crippen molar-refractivity contribution in [1.82, 2.24) is 20.2 Å². The zero-order valence-electron chi connectivity index (χ0n) is 21.7. The Hall–Kier alpha value is -3.76. The van der Waals surface area contributed by atoms with E-state index in [0.29, 0.717) is 55.4 Å². The van der Waals surface area contributed by atoms with Crippen LogP contribution in [0.1, 0.15) is 40.5 Å². The van der Waals surface area contributed by atoms with Crippen LogP contribution in [0.3, 0.4) is 0 Å². The summed E-state index contributed by atoms with van der Waals surface area (Å²) in [5.74, 6) is -0.0800. The minimum Gasteiger partial charge on any atom is -0.423 e. The van der Waals surface area contributed by atoms with Crippen LogP contribution in [-0.4, -0.2) is 71.7 Å². The Morgan fingerprint density at radius 2 is 1.81 bits per heavy atom. The summed E-state index contributed by atoms with van der Waals surface area (Å²) in [7, 11) is 0. The van der Waals surface area contributed by atoms with Gasteiger partial charge in [-0.3, -0.25) is 14.5 Å². The van der Waals surface area contributed by atoms with Crippen molar-refractivity contribution in [2.24, 2.45) is 5.41 Å². The first-order chi connectivity index (χ1) is 17.5. The van der Waals surface area contributed by atoms with E-state index in [2.05, 4.69) is 36.1 Å². The van der Waals surface area contributed by atoms with Gasteiger partial charge in [-0.2, -0.15) is 0 Å². The third kappa shape index (κ3) is 6.33. The molecule has 37 heavy (non-hydrogen) atoms. The summed E-state index contributed by atoms with van der Waals surface area (Å²) >= 11 is 0. The first kappa shape index (κ1) is 26.3. The second kappa shape index (κ2) is 10.7. The number of piperazine rings is 1. The van der Waals surface area contributed by atoms with Gasteiger partial charge >= 0.3 is 6.09 Å². The van der Waals surface area contributed by atoms with Crippen LogP contribution < -0.4 is 15.1 Å². The van der Waals surface area contributed by atoms with Gasteiger partial charge in [0.2, 0.25) is 17.8 Å². The number of hydrogen-bond acceptors (Lipinski definition) is 7. The molecule has 1 aromatic carbocycles. The van der Waals surface area contributed by atoms with Gasteiger partial charge in [-0.05, 0) is 23.6 Å². The lowest BCUT2D eigenvalue weighted by Gasteiger charge is -2.36. The van der Waals surface area contributed by atoms with Gasteiger partial charge in [0.15, 0.2) is 6.23 Å². The molecule has 0 radical (unpaired) electrons. The highest BCUT2D eigenvalue weighted by Crippen LogP contribution is 2.29. The number of cyclic esters (lactones) is 1. The van der Waals surface area contributed by atoms with Crippen LogP contribution in [0.2, 0.25) is 0 Å². The summed E-state index contributed by atoms with van der Waals surface area (Å²) in [6.07, 6.45) is 2.49. The van der Waals surface area contributed by atoms with E-state index in [1.807, 2.05) is 9.80 Å². The van der Waals surface area contributed by atoms with E-state index >= 15 is 4.39 Å². The molecule has 1 aromatic heterocycles. The van der Waals surface area contributed by atoms with Crippen LogP contribution in [0.15, 0.2) is 30.6 Å². The number of carbonyl (C=O) groups excluding carboxylic acids is 3. The van der Waals surface area contributed by atoms with Crippen LogP contribution in [-0.2, 0) is 14.3 Å². The monoisotopic (exact) mass is 512 g/mol. The predicted octanol–water partition coefficient (Wildman–Crippen LogP) is 3.18. The fourth-order valence-electron chi connectivity index (χ4n) is 4.28. The molecule has 0 spiro atoms. The molecule has 2 fully saturated rings. The quantitative estimate of drug-likeness (QED) is 0.633. The molecule has 0 saturated carbocycles. The van der Waals surface area contributed by atoms with Crippen molar-refractivity contribution in [2.45, 2.75) is 46.8 Å². The highest BCUT2D eigenvalue weighted by atomic mass is 19.1. The third-order valence-electron chi connectivity index (χ3n) is 6.27. The summed E-state index contributed by atoms with van der Waals surface area (Å²) in [6, 6.07) is 4.43. The van der Waals surface area contributed by atoms with Gasteiger partial charge in [-0.15, -0.1) is 0 Å². The molecular formula is C26H33FN6O4. The zero-order valence-corrected chi connectivity index (χ0v) is 21.7. The molecule has 2 saturated heterocycles. The van der Waals surface area contributed by atoms with Gasteiger partial charge in [-0.25, -0.2) is 19.2 Å². The van der Waals surface area contributed by atoms with Crippen molar-refractivity contribution in [3.8, 4) is 11.1 Å². The second-order valence-electron chi connectivity index (χ2n) is 10.4. The van der Waals surface area contributed by atoms with Crippen molar-refractivity contribution < 1.29 is 23.5 Å². The van der Waals surface area contributed by atoms with Crippen molar-refractivity contribution >= 4 is 29.5 Å². The summed E-state index contributed by atoms with van der Waals surface area (Å²) in [5.41, 5.74) is 1.09. The molecule has 1 N–H and O–H groups in total. The van der Waals surface area contributed by atoms with Crippen molar-refractivity contribution in [1.29, 1.82) is 0 Å². The maximum Gasteiger partial charge on any atom is 0.416 e. The van der Waals surface area contributed by atoms with Crippen molar-refractivity contribution in [2.75, 3.05) is 42.5 Å². The number of halogens is 1. The average molecular weight is 513 g/mol. The van der Waals surface area contributed by atoms with E-state index in [1.54, 1.807) is 31.5 Å². The molecular weight excluding hydrogens is 479 g/mol. The van der Waals surface area contributed by atoms with E-state index in [0.717, 1.165) is 0 Å². The Morgan fingerprint density at radius 1 is 1.14 bits per heavy atom. The highest BCUT2D eigenvalue weighted by Gasteiger charge is 2.33. The third-order valence-corrected chi connectivity index (χ3v) is 6.27. The molecule has 1 unspecified atom stereocenters. The van der Waals surface area contributed by atoms with Crippen LogP contribution >= 0.6 is 0 Å². The normalized spacial score (nSPS) is 18.1. The molecule has 0 aliphatic carbocycles. The van der Waals surface area contributed by atoms with Crippen LogP contribution in [0.4, 0.5) is 20.8 Å². The smallest absolute Gasteiger partial charge is 0.416 e. The molecule has 0 bridgehead atoms. The SMILES string of the molecule is CCC(=O)NC1CN(c2ccc(-c3cnc(N4CCN(C(=O)CC(C)(C)C)CC4)nc3)c(F)c2)C(=O)O1. The number of carbonyl (C=O) groups is 3. The van der Waals surface area contributed by atoms with Gasteiger partial charge in [0.05, 0.1) is 12.2 Å². The number of benzene rings is 1. The number of anilines is 2. The molecule has 3 amide bonds. The fourth-order valence-corrected chi connectivity index (χ4v) is 4.28. The van der Waals surface area contributed by atoms with Crippen molar-refractivity contribution in [3.63, 3.8) is 0 Å². The fraction of sp³-hybridized carbons (Fsp3) is 0.500. The van der Waals surface area contributed by atoms with Gasteiger partial charge in [0, 0.05) is 62.5 Å². The number of nitrogens with one attached hydrogen (secondary N) is 1. The van der Waals surface area contributed by atoms with Crippen LogP contribution in [0.5, 0.6) is 0 Å². The average Bonchev–Trinajstić information content (AvgIpc) is 3.22. The molecule has 4 rings (SSSR count). The summed E-state index contributed by atoms with van der Waals surface area (Å²) in [6.45, 7) is 10.4. The molecule has 1 atom stereocenters.